The topological polar surface area (TPSA) is 64.6 Å². The maximum Gasteiger partial charge on any atom is 0.338 e. The monoisotopic (exact) mass is 389 g/mol. The van der Waals surface area contributed by atoms with Gasteiger partial charge >= 0.3 is 5.97 Å². The molecular formula is C24H23NO4. The molecule has 0 unspecified atom stereocenters. The van der Waals surface area contributed by atoms with Crippen LogP contribution in [0.2, 0.25) is 0 Å². The van der Waals surface area contributed by atoms with Crippen LogP contribution in [0.3, 0.4) is 0 Å². The van der Waals surface area contributed by atoms with Crippen molar-refractivity contribution < 1.29 is 19.1 Å². The van der Waals surface area contributed by atoms with Crippen molar-refractivity contribution >= 4 is 17.6 Å². The predicted octanol–water partition coefficient (Wildman–Crippen LogP) is 5.23. The van der Waals surface area contributed by atoms with E-state index < -0.39 is 12.1 Å². The van der Waals surface area contributed by atoms with Crippen LogP contribution < -0.4 is 10.1 Å². The van der Waals surface area contributed by atoms with E-state index in [0.29, 0.717) is 22.7 Å². The lowest BCUT2D eigenvalue weighted by atomic mass is 10.1. The van der Waals surface area contributed by atoms with E-state index in [4.69, 9.17) is 9.47 Å². The molecule has 3 aromatic carbocycles. The van der Waals surface area contributed by atoms with E-state index in [1.54, 1.807) is 31.2 Å². The van der Waals surface area contributed by atoms with Crippen molar-refractivity contribution in [3.8, 4) is 11.5 Å². The van der Waals surface area contributed by atoms with Gasteiger partial charge in [0.15, 0.2) is 6.10 Å². The Morgan fingerprint density at radius 2 is 1.48 bits per heavy atom. The second-order valence-electron chi connectivity index (χ2n) is 6.53. The SMILES string of the molecule is CCc1ccc(NC(=O)[C@@H](C)OC(=O)c2ccc(Oc3ccccc3)cc2)cc1. The third-order valence-electron chi connectivity index (χ3n) is 4.35. The largest absolute Gasteiger partial charge is 0.457 e. The van der Waals surface area contributed by atoms with Gasteiger partial charge in [-0.2, -0.15) is 0 Å². The number of hydrogen-bond donors (Lipinski definition) is 1. The number of ether oxygens (including phenoxy) is 2. The maximum absolute atomic E-state index is 12.3. The average Bonchev–Trinajstić information content (AvgIpc) is 2.75. The number of nitrogens with one attached hydrogen (secondary N) is 1. The van der Waals surface area contributed by atoms with Crippen molar-refractivity contribution in [2.24, 2.45) is 0 Å². The fourth-order valence-electron chi connectivity index (χ4n) is 2.63. The second kappa shape index (κ2) is 9.55. The minimum absolute atomic E-state index is 0.345. The van der Waals surface area contributed by atoms with Crippen LogP contribution in [0, 0.1) is 0 Å². The highest BCUT2D eigenvalue weighted by Crippen LogP contribution is 2.21. The van der Waals surface area contributed by atoms with Crippen molar-refractivity contribution in [2.45, 2.75) is 26.4 Å². The standard InChI is InChI=1S/C24H23NO4/c1-3-18-9-13-20(14-10-18)25-23(26)17(2)28-24(27)19-11-15-22(16-12-19)29-21-7-5-4-6-8-21/h4-17H,3H2,1-2H3,(H,25,26)/t17-/m1/s1. The van der Waals surface area contributed by atoms with Crippen LogP contribution in [-0.4, -0.2) is 18.0 Å². The molecule has 29 heavy (non-hydrogen) atoms. The predicted molar refractivity (Wildman–Crippen MR) is 112 cm³/mol. The number of carbonyl (C=O) groups is 2. The number of carbonyl (C=O) groups excluding carboxylic acids is 2. The Bertz CT molecular complexity index is 950. The Balaban J connectivity index is 1.54. The van der Waals surface area contributed by atoms with Crippen LogP contribution in [0.4, 0.5) is 5.69 Å². The lowest BCUT2D eigenvalue weighted by Crippen LogP contribution is -2.30. The highest BCUT2D eigenvalue weighted by molar-refractivity contribution is 5.97. The first kappa shape index (κ1) is 20.1. The molecule has 0 saturated carbocycles. The van der Waals surface area contributed by atoms with Crippen molar-refractivity contribution in [3.05, 3.63) is 90.0 Å². The molecule has 3 rings (SSSR count). The van der Waals surface area contributed by atoms with Crippen LogP contribution in [-0.2, 0) is 16.0 Å². The van der Waals surface area contributed by atoms with Gasteiger partial charge in [-0.3, -0.25) is 4.79 Å². The molecule has 0 heterocycles. The molecule has 1 N–H and O–H groups in total. The fourth-order valence-corrected chi connectivity index (χ4v) is 2.63. The lowest BCUT2D eigenvalue weighted by molar-refractivity contribution is -0.123. The molecular weight excluding hydrogens is 366 g/mol. The van der Waals surface area contributed by atoms with Crippen LogP contribution in [0.1, 0.15) is 29.8 Å². The fraction of sp³-hybridized carbons (Fsp3) is 0.167. The number of para-hydroxylation sites is 1. The molecule has 5 nitrogen and oxygen atoms in total. The maximum atomic E-state index is 12.3. The van der Waals surface area contributed by atoms with Gasteiger partial charge in [-0.1, -0.05) is 37.3 Å². The highest BCUT2D eigenvalue weighted by atomic mass is 16.5. The summed E-state index contributed by atoms with van der Waals surface area (Å²) in [7, 11) is 0. The van der Waals surface area contributed by atoms with E-state index in [2.05, 4.69) is 12.2 Å². The van der Waals surface area contributed by atoms with Gasteiger partial charge in [-0.15, -0.1) is 0 Å². The Labute approximate surface area is 170 Å². The molecule has 0 aromatic heterocycles. The summed E-state index contributed by atoms with van der Waals surface area (Å²) in [6.45, 7) is 3.61. The van der Waals surface area contributed by atoms with Gasteiger partial charge in [0, 0.05) is 5.69 Å². The van der Waals surface area contributed by atoms with Crippen LogP contribution in [0.5, 0.6) is 11.5 Å². The number of anilines is 1. The van der Waals surface area contributed by atoms with Gasteiger partial charge in [0.05, 0.1) is 5.56 Å². The second-order valence-corrected chi connectivity index (χ2v) is 6.53. The van der Waals surface area contributed by atoms with Crippen molar-refractivity contribution in [3.63, 3.8) is 0 Å². The van der Waals surface area contributed by atoms with Gasteiger partial charge < -0.3 is 14.8 Å². The zero-order valence-electron chi connectivity index (χ0n) is 16.4. The van der Waals surface area contributed by atoms with Crippen LogP contribution in [0.15, 0.2) is 78.9 Å². The summed E-state index contributed by atoms with van der Waals surface area (Å²) in [6, 6.07) is 23.5. The third-order valence-corrected chi connectivity index (χ3v) is 4.35. The zero-order chi connectivity index (χ0) is 20.6. The number of esters is 1. The molecule has 3 aromatic rings. The van der Waals surface area contributed by atoms with Crippen molar-refractivity contribution in [1.29, 1.82) is 0 Å². The highest BCUT2D eigenvalue weighted by Gasteiger charge is 2.19. The molecule has 0 spiro atoms. The molecule has 0 aliphatic rings. The number of amides is 1. The van der Waals surface area contributed by atoms with E-state index in [0.717, 1.165) is 6.42 Å². The van der Waals surface area contributed by atoms with Gasteiger partial charge in [0.2, 0.25) is 0 Å². The molecule has 5 heteroatoms. The number of rotatable bonds is 7. The summed E-state index contributed by atoms with van der Waals surface area (Å²) in [6.07, 6.45) is 0.00540. The molecule has 1 atom stereocenters. The lowest BCUT2D eigenvalue weighted by Gasteiger charge is -2.14. The Morgan fingerprint density at radius 3 is 2.10 bits per heavy atom. The van der Waals surface area contributed by atoms with E-state index in [-0.39, 0.29) is 5.91 Å². The summed E-state index contributed by atoms with van der Waals surface area (Å²) >= 11 is 0. The molecule has 0 fully saturated rings. The molecule has 0 saturated heterocycles. The van der Waals surface area contributed by atoms with Crippen LogP contribution in [0.25, 0.3) is 0 Å². The summed E-state index contributed by atoms with van der Waals surface area (Å²) in [4.78, 5) is 24.6. The number of aryl methyl sites for hydroxylation is 1. The normalized spacial score (nSPS) is 11.4. The molecule has 1 amide bonds. The van der Waals surface area contributed by atoms with Crippen molar-refractivity contribution in [1.82, 2.24) is 0 Å². The summed E-state index contributed by atoms with van der Waals surface area (Å²) in [5, 5.41) is 2.75. The molecule has 148 valence electrons. The summed E-state index contributed by atoms with van der Waals surface area (Å²) in [5.41, 5.74) is 2.19. The number of hydrogen-bond acceptors (Lipinski definition) is 4. The van der Waals surface area contributed by atoms with Crippen molar-refractivity contribution in [2.75, 3.05) is 5.32 Å². The van der Waals surface area contributed by atoms with Gasteiger partial charge in [0.1, 0.15) is 11.5 Å². The first-order valence-electron chi connectivity index (χ1n) is 9.49. The van der Waals surface area contributed by atoms with Crippen LogP contribution >= 0.6 is 0 Å². The smallest absolute Gasteiger partial charge is 0.338 e. The quantitative estimate of drug-likeness (QED) is 0.562. The Kier molecular flexibility index (Phi) is 6.63. The van der Waals surface area contributed by atoms with Gasteiger partial charge in [-0.05, 0) is 67.4 Å². The molecule has 0 bridgehead atoms. The number of benzene rings is 3. The molecule has 0 aliphatic carbocycles. The molecule has 0 aliphatic heterocycles. The average molecular weight is 389 g/mol. The van der Waals surface area contributed by atoms with E-state index >= 15 is 0 Å². The zero-order valence-corrected chi connectivity index (χ0v) is 16.4. The van der Waals surface area contributed by atoms with E-state index in [1.807, 2.05) is 54.6 Å². The first-order valence-corrected chi connectivity index (χ1v) is 9.49. The minimum atomic E-state index is -0.923. The third kappa shape index (κ3) is 5.69. The summed E-state index contributed by atoms with van der Waals surface area (Å²) in [5.74, 6) is 0.362. The molecule has 0 radical (unpaired) electrons. The minimum Gasteiger partial charge on any atom is -0.457 e. The Hall–Kier alpha value is -3.60. The van der Waals surface area contributed by atoms with E-state index in [9.17, 15) is 9.59 Å². The van der Waals surface area contributed by atoms with Gasteiger partial charge in [0.25, 0.3) is 5.91 Å². The van der Waals surface area contributed by atoms with E-state index in [1.165, 1.54) is 5.56 Å². The van der Waals surface area contributed by atoms with Gasteiger partial charge in [-0.25, -0.2) is 4.79 Å². The first-order chi connectivity index (χ1) is 14.0. The summed E-state index contributed by atoms with van der Waals surface area (Å²) < 4.78 is 11.0. The Morgan fingerprint density at radius 1 is 0.862 bits per heavy atom.